The van der Waals surface area contributed by atoms with Crippen LogP contribution < -0.4 is 58.2 Å². The Labute approximate surface area is 129 Å². The predicted octanol–water partition coefficient (Wildman–Crippen LogP) is -0.0224. The van der Waals surface area contributed by atoms with E-state index in [1.54, 1.807) is 0 Å². The van der Waals surface area contributed by atoms with Gasteiger partial charge in [-0.05, 0) is 0 Å². The van der Waals surface area contributed by atoms with Crippen molar-refractivity contribution >= 4 is 0 Å². The van der Waals surface area contributed by atoms with Crippen molar-refractivity contribution in [2.45, 2.75) is 0 Å². The van der Waals surface area contributed by atoms with E-state index in [4.69, 9.17) is 0 Å². The van der Waals surface area contributed by atoms with Crippen LogP contribution in [-0.4, -0.2) is 0 Å². The molecule has 0 heterocycles. The Hall–Kier alpha value is 0.245. The molecule has 2 rings (SSSR count). The van der Waals surface area contributed by atoms with Gasteiger partial charge in [-0.15, -0.1) is 0 Å². The molecule has 1 heteroatoms. The van der Waals surface area contributed by atoms with Crippen LogP contribution in [0.25, 0.3) is 0 Å². The van der Waals surface area contributed by atoms with Crippen LogP contribution in [0.15, 0.2) is 60.7 Å². The zero-order chi connectivity index (χ0) is 8.49. The van der Waals surface area contributed by atoms with Gasteiger partial charge in [-0.2, -0.15) is 72.8 Å². The van der Waals surface area contributed by atoms with Gasteiger partial charge < -0.3 is 0 Å². The van der Waals surface area contributed by atoms with E-state index in [9.17, 15) is 0 Å². The standard InChI is InChI=1S/2C6H5.Rb/c2*1-2-4-6-5-3-1;/h2*1-5H;/q2*-1;+1. The molecule has 0 aliphatic carbocycles. The normalized spacial score (nSPS) is 7.38. The third-order valence-corrected chi connectivity index (χ3v) is 1.21. The quantitative estimate of drug-likeness (QED) is 0.567. The molecule has 13 heavy (non-hydrogen) atoms. The van der Waals surface area contributed by atoms with Gasteiger partial charge in [0.05, 0.1) is 0 Å². The molecule has 0 aromatic heterocycles. The summed E-state index contributed by atoms with van der Waals surface area (Å²) in [5, 5.41) is 0. The maximum atomic E-state index is 2.89. The van der Waals surface area contributed by atoms with Gasteiger partial charge >= 0.3 is 58.2 Å². The SMILES string of the molecule is [Rb+].[c-]1ccccc1.[c-]1ccccc1. The number of rotatable bonds is 0. The van der Waals surface area contributed by atoms with Crippen molar-refractivity contribution in [3.05, 3.63) is 72.8 Å². The molecule has 2 aromatic carbocycles. The van der Waals surface area contributed by atoms with E-state index in [1.807, 2.05) is 60.7 Å². The van der Waals surface area contributed by atoms with Gasteiger partial charge in [-0.3, -0.25) is 0 Å². The summed E-state index contributed by atoms with van der Waals surface area (Å²) in [7, 11) is 0. The molecule has 0 spiro atoms. The molecule has 0 N–H and O–H groups in total. The van der Waals surface area contributed by atoms with Crippen LogP contribution >= 0.6 is 0 Å². The third-order valence-electron chi connectivity index (χ3n) is 1.21. The van der Waals surface area contributed by atoms with E-state index in [1.165, 1.54) is 0 Å². The average Bonchev–Trinajstić information content (AvgIpc) is 2.24. The van der Waals surface area contributed by atoms with Crippen LogP contribution in [0.2, 0.25) is 0 Å². The molecular formula is C12H10Rb-. The first-order valence-electron chi connectivity index (χ1n) is 3.82. The molecule has 0 amide bonds. The molecule has 0 nitrogen and oxygen atoms in total. The maximum absolute atomic E-state index is 2.89. The van der Waals surface area contributed by atoms with Crippen molar-refractivity contribution in [3.8, 4) is 0 Å². The Morgan fingerprint density at radius 3 is 0.846 bits per heavy atom. The smallest absolute Gasteiger partial charge is 0.184 e. The fourth-order valence-corrected chi connectivity index (χ4v) is 0.684. The number of hydrogen-bond acceptors (Lipinski definition) is 0. The molecule has 0 radical (unpaired) electrons. The van der Waals surface area contributed by atoms with E-state index < -0.39 is 0 Å². The molecule has 0 bridgehead atoms. The Morgan fingerprint density at radius 1 is 0.462 bits per heavy atom. The van der Waals surface area contributed by atoms with Crippen molar-refractivity contribution in [1.82, 2.24) is 0 Å². The summed E-state index contributed by atoms with van der Waals surface area (Å²) >= 11 is 0. The summed E-state index contributed by atoms with van der Waals surface area (Å²) in [6.45, 7) is 0. The van der Waals surface area contributed by atoms with E-state index in [-0.39, 0.29) is 58.2 Å². The Balaban J connectivity index is 0.000000206. The second kappa shape index (κ2) is 10.3. The molecule has 0 saturated carbocycles. The first kappa shape index (κ1) is 13.2. The van der Waals surface area contributed by atoms with Crippen LogP contribution in [0.1, 0.15) is 0 Å². The summed E-state index contributed by atoms with van der Waals surface area (Å²) in [5.74, 6) is 0. The topological polar surface area (TPSA) is 0 Å². The minimum Gasteiger partial charge on any atom is -0.184 e. The molecule has 0 aliphatic heterocycles. The summed E-state index contributed by atoms with van der Waals surface area (Å²) in [4.78, 5) is 0. The average molecular weight is 240 g/mol. The molecule has 2 aromatic rings. The molecule has 0 unspecified atom stereocenters. The molecule has 0 fully saturated rings. The van der Waals surface area contributed by atoms with Crippen LogP contribution in [0.3, 0.4) is 0 Å². The van der Waals surface area contributed by atoms with Crippen molar-refractivity contribution in [2.24, 2.45) is 0 Å². The largest absolute Gasteiger partial charge is 1.00 e. The van der Waals surface area contributed by atoms with Crippen LogP contribution in [0.5, 0.6) is 0 Å². The van der Waals surface area contributed by atoms with Crippen molar-refractivity contribution in [3.63, 3.8) is 0 Å². The van der Waals surface area contributed by atoms with Gasteiger partial charge in [0.25, 0.3) is 0 Å². The summed E-state index contributed by atoms with van der Waals surface area (Å²) in [6.07, 6.45) is 0. The first-order valence-corrected chi connectivity index (χ1v) is 3.82. The molecule has 0 aliphatic rings. The van der Waals surface area contributed by atoms with Crippen molar-refractivity contribution < 1.29 is 58.2 Å². The van der Waals surface area contributed by atoms with E-state index in [2.05, 4.69) is 12.1 Å². The summed E-state index contributed by atoms with van der Waals surface area (Å²) < 4.78 is 0. The first-order chi connectivity index (χ1) is 6.00. The minimum absolute atomic E-state index is 0. The zero-order valence-electron chi connectivity index (χ0n) is 7.77. The molecule has 0 saturated heterocycles. The Kier molecular flexibility index (Phi) is 10.5. The minimum atomic E-state index is 0. The van der Waals surface area contributed by atoms with E-state index in [0.29, 0.717) is 0 Å². The van der Waals surface area contributed by atoms with E-state index >= 15 is 0 Å². The van der Waals surface area contributed by atoms with Gasteiger partial charge in [-0.25, -0.2) is 0 Å². The Bertz CT molecular complexity index is 181. The van der Waals surface area contributed by atoms with Crippen LogP contribution in [-0.2, 0) is 0 Å². The third kappa shape index (κ3) is 8.57. The fraction of sp³-hybridized carbons (Fsp3) is 0. The second-order valence-corrected chi connectivity index (χ2v) is 2.15. The van der Waals surface area contributed by atoms with Crippen molar-refractivity contribution in [1.29, 1.82) is 0 Å². The van der Waals surface area contributed by atoms with Crippen LogP contribution in [0, 0.1) is 12.1 Å². The Morgan fingerprint density at radius 2 is 0.769 bits per heavy atom. The predicted molar refractivity (Wildman–Crippen MR) is 50.6 cm³/mol. The summed E-state index contributed by atoms with van der Waals surface area (Å²) in [5.41, 5.74) is 0. The number of hydrogen-bond donors (Lipinski definition) is 0. The fourth-order valence-electron chi connectivity index (χ4n) is 0.684. The molecular weight excluding hydrogens is 230 g/mol. The second-order valence-electron chi connectivity index (χ2n) is 2.15. The monoisotopic (exact) mass is 239 g/mol. The van der Waals surface area contributed by atoms with Gasteiger partial charge in [-0.1, -0.05) is 0 Å². The van der Waals surface area contributed by atoms with Gasteiger partial charge in [0.15, 0.2) is 0 Å². The van der Waals surface area contributed by atoms with Gasteiger partial charge in [0.1, 0.15) is 0 Å². The zero-order valence-corrected chi connectivity index (χ0v) is 12.7. The van der Waals surface area contributed by atoms with Gasteiger partial charge in [0.2, 0.25) is 0 Å². The number of benzene rings is 2. The van der Waals surface area contributed by atoms with Gasteiger partial charge in [0, 0.05) is 0 Å². The van der Waals surface area contributed by atoms with Crippen LogP contribution in [0.4, 0.5) is 0 Å². The van der Waals surface area contributed by atoms with Crippen molar-refractivity contribution in [2.75, 3.05) is 0 Å². The van der Waals surface area contributed by atoms with E-state index in [0.717, 1.165) is 0 Å². The maximum Gasteiger partial charge on any atom is 1.00 e. The summed E-state index contributed by atoms with van der Waals surface area (Å²) in [6, 6.07) is 25.0. The molecule has 60 valence electrons. The molecule has 0 atom stereocenters.